The van der Waals surface area contributed by atoms with E-state index in [-0.39, 0.29) is 16.8 Å². The number of hydrogen-bond donors (Lipinski definition) is 0. The molecule has 1 fully saturated rings. The molecule has 1 aromatic rings. The molecule has 1 aromatic carbocycles. The molecule has 0 aliphatic carbocycles. The van der Waals surface area contributed by atoms with Crippen LogP contribution in [-0.2, 0) is 9.84 Å². The van der Waals surface area contributed by atoms with Crippen LogP contribution in [0.2, 0.25) is 0 Å². The van der Waals surface area contributed by atoms with Crippen molar-refractivity contribution in [3.05, 3.63) is 29.8 Å². The Morgan fingerprint density at radius 2 is 2.00 bits per heavy atom. The maximum Gasteiger partial charge on any atom is 0.254 e. The molecule has 1 amide bonds. The smallest absolute Gasteiger partial charge is 0.254 e. The van der Waals surface area contributed by atoms with Gasteiger partial charge in [-0.15, -0.1) is 11.6 Å². The summed E-state index contributed by atoms with van der Waals surface area (Å²) >= 11 is 5.85. The predicted octanol–water partition coefficient (Wildman–Crippen LogP) is 1.93. The van der Waals surface area contributed by atoms with Crippen LogP contribution in [0.4, 0.5) is 0 Å². The number of hydrogen-bond acceptors (Lipinski definition) is 3. The van der Waals surface area contributed by atoms with Crippen molar-refractivity contribution in [3.63, 3.8) is 0 Å². The van der Waals surface area contributed by atoms with Gasteiger partial charge in [-0.05, 0) is 37.1 Å². The second-order valence-electron chi connectivity index (χ2n) is 4.75. The second kappa shape index (κ2) is 5.51. The van der Waals surface area contributed by atoms with E-state index in [1.807, 2.05) is 0 Å². The number of alkyl halides is 1. The van der Waals surface area contributed by atoms with E-state index in [4.69, 9.17) is 11.6 Å². The Morgan fingerprint density at radius 1 is 1.37 bits per heavy atom. The van der Waals surface area contributed by atoms with Crippen LogP contribution in [0.3, 0.4) is 0 Å². The van der Waals surface area contributed by atoms with Gasteiger partial charge < -0.3 is 4.90 Å². The van der Waals surface area contributed by atoms with E-state index in [1.165, 1.54) is 12.1 Å². The number of sulfone groups is 1. The lowest BCUT2D eigenvalue weighted by atomic mass is 10.2. The first-order valence-corrected chi connectivity index (χ1v) is 8.53. The van der Waals surface area contributed by atoms with Gasteiger partial charge in [0.2, 0.25) is 0 Å². The Hall–Kier alpha value is -1.07. The van der Waals surface area contributed by atoms with Crippen molar-refractivity contribution in [2.45, 2.75) is 23.8 Å². The normalized spacial score (nSPS) is 19.7. The van der Waals surface area contributed by atoms with Crippen LogP contribution in [0.5, 0.6) is 0 Å². The minimum atomic E-state index is -3.23. The molecule has 1 aliphatic rings. The fraction of sp³-hybridized carbons (Fsp3) is 0.462. The van der Waals surface area contributed by atoms with Gasteiger partial charge in [0.25, 0.3) is 5.91 Å². The summed E-state index contributed by atoms with van der Waals surface area (Å²) in [6.07, 6.45) is 3.04. The number of carbonyl (C=O) groups excluding carboxylic acids is 1. The molecule has 1 atom stereocenters. The third-order valence-corrected chi connectivity index (χ3v) is 4.83. The van der Waals surface area contributed by atoms with E-state index in [9.17, 15) is 13.2 Å². The highest BCUT2D eigenvalue weighted by atomic mass is 35.5. The Morgan fingerprint density at radius 3 is 2.53 bits per heavy atom. The summed E-state index contributed by atoms with van der Waals surface area (Å²) in [5.74, 6) is 0.357. The van der Waals surface area contributed by atoms with Crippen molar-refractivity contribution in [3.8, 4) is 0 Å². The Kier molecular flexibility index (Phi) is 4.16. The molecular weight excluding hydrogens is 286 g/mol. The molecule has 0 spiro atoms. The molecule has 104 valence electrons. The van der Waals surface area contributed by atoms with Gasteiger partial charge in [0.1, 0.15) is 0 Å². The molecule has 0 aromatic heterocycles. The van der Waals surface area contributed by atoms with Crippen molar-refractivity contribution in [2.24, 2.45) is 0 Å². The lowest BCUT2D eigenvalue weighted by molar-refractivity contribution is 0.0749. The SMILES string of the molecule is CS(=O)(=O)c1ccc(C(=O)N2CCCC2CCl)cc1. The highest BCUT2D eigenvalue weighted by Gasteiger charge is 2.28. The summed E-state index contributed by atoms with van der Waals surface area (Å²) in [4.78, 5) is 14.3. The summed E-state index contributed by atoms with van der Waals surface area (Å²) in [7, 11) is -3.23. The van der Waals surface area contributed by atoms with E-state index < -0.39 is 9.84 Å². The number of nitrogens with zero attached hydrogens (tertiary/aromatic N) is 1. The van der Waals surface area contributed by atoms with Crippen LogP contribution in [0.1, 0.15) is 23.2 Å². The van der Waals surface area contributed by atoms with Gasteiger partial charge in [0.05, 0.1) is 4.90 Å². The predicted molar refractivity (Wildman–Crippen MR) is 74.3 cm³/mol. The molecule has 2 rings (SSSR count). The summed E-state index contributed by atoms with van der Waals surface area (Å²) in [5.41, 5.74) is 0.504. The van der Waals surface area contributed by atoms with Gasteiger partial charge >= 0.3 is 0 Å². The quantitative estimate of drug-likeness (QED) is 0.802. The van der Waals surface area contributed by atoms with Crippen molar-refractivity contribution < 1.29 is 13.2 Å². The van der Waals surface area contributed by atoms with Crippen LogP contribution in [-0.4, -0.2) is 43.9 Å². The van der Waals surface area contributed by atoms with Gasteiger partial charge in [-0.25, -0.2) is 8.42 Å². The summed E-state index contributed by atoms with van der Waals surface area (Å²) in [5, 5.41) is 0. The van der Waals surface area contributed by atoms with Gasteiger partial charge in [-0.1, -0.05) is 0 Å². The first-order chi connectivity index (χ1) is 8.93. The van der Waals surface area contributed by atoms with Crippen LogP contribution in [0.15, 0.2) is 29.2 Å². The summed E-state index contributed by atoms with van der Waals surface area (Å²) in [6, 6.07) is 6.14. The molecule has 0 bridgehead atoms. The van der Waals surface area contributed by atoms with Gasteiger partial charge in [-0.3, -0.25) is 4.79 Å². The topological polar surface area (TPSA) is 54.5 Å². The minimum Gasteiger partial charge on any atom is -0.334 e. The highest BCUT2D eigenvalue weighted by Crippen LogP contribution is 2.21. The number of amides is 1. The molecule has 1 saturated heterocycles. The molecule has 0 saturated carbocycles. The number of likely N-dealkylation sites (tertiary alicyclic amines) is 1. The second-order valence-corrected chi connectivity index (χ2v) is 7.07. The first-order valence-electron chi connectivity index (χ1n) is 6.10. The molecule has 1 unspecified atom stereocenters. The zero-order valence-corrected chi connectivity index (χ0v) is 12.2. The van der Waals surface area contributed by atoms with Crippen molar-refractivity contribution in [2.75, 3.05) is 18.7 Å². The van der Waals surface area contributed by atoms with E-state index in [1.54, 1.807) is 17.0 Å². The number of halogens is 1. The first kappa shape index (κ1) is 14.3. The Bertz CT molecular complexity index is 568. The number of rotatable bonds is 3. The van der Waals surface area contributed by atoms with Gasteiger partial charge in [-0.2, -0.15) is 0 Å². The zero-order valence-electron chi connectivity index (χ0n) is 10.7. The maximum atomic E-state index is 12.3. The highest BCUT2D eigenvalue weighted by molar-refractivity contribution is 7.90. The molecule has 6 heteroatoms. The Labute approximate surface area is 118 Å². The average molecular weight is 302 g/mol. The van der Waals surface area contributed by atoms with Crippen molar-refractivity contribution in [1.29, 1.82) is 0 Å². The van der Waals surface area contributed by atoms with E-state index >= 15 is 0 Å². The van der Waals surface area contributed by atoms with Gasteiger partial charge in [0, 0.05) is 30.3 Å². The Balaban J connectivity index is 2.21. The molecule has 4 nitrogen and oxygen atoms in total. The summed E-state index contributed by atoms with van der Waals surface area (Å²) in [6.45, 7) is 0.712. The van der Waals surface area contributed by atoms with E-state index in [0.717, 1.165) is 19.1 Å². The molecule has 19 heavy (non-hydrogen) atoms. The molecule has 0 N–H and O–H groups in total. The van der Waals surface area contributed by atoms with E-state index in [0.29, 0.717) is 18.0 Å². The van der Waals surface area contributed by atoms with Crippen LogP contribution < -0.4 is 0 Å². The monoisotopic (exact) mass is 301 g/mol. The lowest BCUT2D eigenvalue weighted by Gasteiger charge is -2.23. The van der Waals surface area contributed by atoms with Crippen LogP contribution >= 0.6 is 11.6 Å². The fourth-order valence-electron chi connectivity index (χ4n) is 2.27. The molecule has 1 heterocycles. The minimum absolute atomic E-state index is 0.0804. The molecular formula is C13H16ClNO3S. The number of carbonyl (C=O) groups is 1. The zero-order chi connectivity index (χ0) is 14.0. The lowest BCUT2D eigenvalue weighted by Crippen LogP contribution is -2.36. The van der Waals surface area contributed by atoms with Crippen LogP contribution in [0, 0.1) is 0 Å². The molecule has 1 aliphatic heterocycles. The van der Waals surface area contributed by atoms with Crippen LogP contribution in [0.25, 0.3) is 0 Å². The van der Waals surface area contributed by atoms with Crippen molar-refractivity contribution in [1.82, 2.24) is 4.90 Å². The average Bonchev–Trinajstić information content (AvgIpc) is 2.85. The third-order valence-electron chi connectivity index (χ3n) is 3.35. The third kappa shape index (κ3) is 3.09. The van der Waals surface area contributed by atoms with Gasteiger partial charge in [0.15, 0.2) is 9.84 Å². The number of benzene rings is 1. The largest absolute Gasteiger partial charge is 0.334 e. The standard InChI is InChI=1S/C13H16ClNO3S/c1-19(17,18)12-6-4-10(5-7-12)13(16)15-8-2-3-11(15)9-14/h4-7,11H,2-3,8-9H2,1H3. The van der Waals surface area contributed by atoms with Crippen molar-refractivity contribution >= 4 is 27.3 Å². The summed E-state index contributed by atoms with van der Waals surface area (Å²) < 4.78 is 22.7. The molecule has 0 radical (unpaired) electrons. The maximum absolute atomic E-state index is 12.3. The fourth-order valence-corrected chi connectivity index (χ4v) is 3.23. The van der Waals surface area contributed by atoms with E-state index in [2.05, 4.69) is 0 Å².